The highest BCUT2D eigenvalue weighted by Crippen LogP contribution is 2.19. The first-order valence-corrected chi connectivity index (χ1v) is 5.10. The van der Waals surface area contributed by atoms with Crippen LogP contribution in [0.1, 0.15) is 20.8 Å². The predicted molar refractivity (Wildman–Crippen MR) is 58.4 cm³/mol. The minimum atomic E-state index is -0.865. The van der Waals surface area contributed by atoms with Crippen molar-refractivity contribution in [2.24, 2.45) is 0 Å². The van der Waals surface area contributed by atoms with Crippen molar-refractivity contribution in [1.82, 2.24) is 10.2 Å². The van der Waals surface area contributed by atoms with Gasteiger partial charge in [-0.05, 0) is 20.8 Å². The largest absolute Gasteiger partial charge is 0.340 e. The van der Waals surface area contributed by atoms with Gasteiger partial charge >= 0.3 is 0 Å². The van der Waals surface area contributed by atoms with E-state index in [1.54, 1.807) is 20.8 Å². The number of rotatable bonds is 2. The van der Waals surface area contributed by atoms with E-state index in [1.807, 2.05) is 0 Å². The molecule has 1 aliphatic heterocycles. The topological polar surface area (TPSA) is 49.4 Å². The molecule has 1 saturated heterocycles. The van der Waals surface area contributed by atoms with Crippen LogP contribution in [-0.4, -0.2) is 34.8 Å². The Morgan fingerprint density at radius 3 is 2.60 bits per heavy atom. The van der Waals surface area contributed by atoms with Crippen LogP contribution >= 0.6 is 11.6 Å². The Balaban J connectivity index is 2.95. The molecule has 1 fully saturated rings. The number of carbonyl (C=O) groups is 2. The normalized spacial score (nSPS) is 25.1. The molecular weight excluding hydrogens is 216 g/mol. The van der Waals surface area contributed by atoms with Crippen LogP contribution in [0.15, 0.2) is 11.6 Å². The molecule has 0 aromatic heterocycles. The Morgan fingerprint density at radius 1 is 1.60 bits per heavy atom. The molecule has 4 nitrogen and oxygen atoms in total. The summed E-state index contributed by atoms with van der Waals surface area (Å²) in [5.74, 6) is -0.311. The zero-order valence-corrected chi connectivity index (χ0v) is 9.89. The van der Waals surface area contributed by atoms with E-state index < -0.39 is 11.6 Å². The third-order valence-corrected chi connectivity index (χ3v) is 2.54. The first kappa shape index (κ1) is 12.0. The van der Waals surface area contributed by atoms with Gasteiger partial charge in [0.15, 0.2) is 0 Å². The van der Waals surface area contributed by atoms with Crippen molar-refractivity contribution in [3.63, 3.8) is 0 Å². The van der Waals surface area contributed by atoms with Crippen LogP contribution in [0.3, 0.4) is 0 Å². The maximum absolute atomic E-state index is 11.9. The van der Waals surface area contributed by atoms with Gasteiger partial charge in [-0.1, -0.05) is 18.2 Å². The van der Waals surface area contributed by atoms with Gasteiger partial charge in [0, 0.05) is 5.03 Å². The van der Waals surface area contributed by atoms with Gasteiger partial charge in [0.2, 0.25) is 11.8 Å². The Kier molecular flexibility index (Phi) is 3.09. The highest BCUT2D eigenvalue weighted by Gasteiger charge is 2.43. The average Bonchev–Trinajstić information content (AvgIpc) is 2.08. The first-order valence-electron chi connectivity index (χ1n) is 4.72. The van der Waals surface area contributed by atoms with Crippen molar-refractivity contribution >= 4 is 23.4 Å². The molecule has 1 aliphatic rings. The number of carbonyl (C=O) groups excluding carboxylic acids is 2. The van der Waals surface area contributed by atoms with Gasteiger partial charge in [-0.3, -0.25) is 9.59 Å². The van der Waals surface area contributed by atoms with E-state index in [0.29, 0.717) is 5.03 Å². The van der Waals surface area contributed by atoms with Crippen LogP contribution in [0.4, 0.5) is 0 Å². The van der Waals surface area contributed by atoms with E-state index in [4.69, 9.17) is 11.6 Å². The lowest BCUT2D eigenvalue weighted by Crippen LogP contribution is -2.67. The zero-order valence-electron chi connectivity index (χ0n) is 9.13. The van der Waals surface area contributed by atoms with Gasteiger partial charge in [0.25, 0.3) is 0 Å². The fourth-order valence-corrected chi connectivity index (χ4v) is 1.66. The second kappa shape index (κ2) is 3.85. The summed E-state index contributed by atoms with van der Waals surface area (Å²) in [5.41, 5.74) is -0.865. The maximum Gasteiger partial charge on any atom is 0.248 e. The van der Waals surface area contributed by atoms with Gasteiger partial charge in [0.05, 0.1) is 6.54 Å². The SMILES string of the molecule is C=C(Cl)CN1C(=O)C(C)(C)NC(=O)C1C. The lowest BCUT2D eigenvalue weighted by atomic mass is 9.97. The smallest absolute Gasteiger partial charge is 0.248 e. The van der Waals surface area contributed by atoms with Gasteiger partial charge < -0.3 is 10.2 Å². The number of amides is 2. The van der Waals surface area contributed by atoms with Crippen molar-refractivity contribution in [1.29, 1.82) is 0 Å². The summed E-state index contributed by atoms with van der Waals surface area (Å²) in [5, 5.41) is 3.00. The van der Waals surface area contributed by atoms with Crippen LogP contribution in [0, 0.1) is 0 Å². The lowest BCUT2D eigenvalue weighted by Gasteiger charge is -2.41. The molecule has 0 bridgehead atoms. The van der Waals surface area contributed by atoms with Crippen molar-refractivity contribution in [2.75, 3.05) is 6.54 Å². The number of hydrogen-bond acceptors (Lipinski definition) is 2. The van der Waals surface area contributed by atoms with Crippen molar-refractivity contribution in [3.05, 3.63) is 11.6 Å². The van der Waals surface area contributed by atoms with E-state index in [-0.39, 0.29) is 18.4 Å². The van der Waals surface area contributed by atoms with E-state index >= 15 is 0 Å². The van der Waals surface area contributed by atoms with Crippen LogP contribution in [-0.2, 0) is 9.59 Å². The monoisotopic (exact) mass is 230 g/mol. The summed E-state index contributed by atoms with van der Waals surface area (Å²) in [7, 11) is 0. The molecule has 0 spiro atoms. The molecule has 5 heteroatoms. The van der Waals surface area contributed by atoms with Crippen LogP contribution in [0.5, 0.6) is 0 Å². The quantitative estimate of drug-likeness (QED) is 0.765. The fraction of sp³-hybridized carbons (Fsp3) is 0.600. The summed E-state index contributed by atoms with van der Waals surface area (Å²) in [6.07, 6.45) is 0. The third-order valence-electron chi connectivity index (χ3n) is 2.42. The van der Waals surface area contributed by atoms with Crippen LogP contribution < -0.4 is 5.32 Å². The summed E-state index contributed by atoms with van der Waals surface area (Å²) >= 11 is 5.66. The summed E-state index contributed by atoms with van der Waals surface area (Å²) in [6, 6.07) is -0.499. The molecule has 1 N–H and O–H groups in total. The Morgan fingerprint density at radius 2 is 2.13 bits per heavy atom. The van der Waals surface area contributed by atoms with Gasteiger partial charge in [0.1, 0.15) is 11.6 Å². The molecule has 2 amide bonds. The van der Waals surface area contributed by atoms with E-state index in [2.05, 4.69) is 11.9 Å². The van der Waals surface area contributed by atoms with Crippen LogP contribution in [0.2, 0.25) is 0 Å². The van der Waals surface area contributed by atoms with Gasteiger partial charge in [-0.15, -0.1) is 0 Å². The van der Waals surface area contributed by atoms with Crippen molar-refractivity contribution < 1.29 is 9.59 Å². The second-order valence-corrected chi connectivity index (χ2v) is 4.78. The standard InChI is InChI=1S/C10H15ClN2O2/c1-6(11)5-13-7(2)8(14)12-10(3,4)9(13)15/h7H,1,5H2,2-4H3,(H,12,14). The number of hydrogen-bond donors (Lipinski definition) is 1. The third kappa shape index (κ3) is 2.31. The van der Waals surface area contributed by atoms with Crippen molar-refractivity contribution in [3.8, 4) is 0 Å². The second-order valence-electron chi connectivity index (χ2n) is 4.24. The number of halogens is 1. The Hall–Kier alpha value is -1.03. The minimum absolute atomic E-state index is 0.142. The van der Waals surface area contributed by atoms with Crippen LogP contribution in [0.25, 0.3) is 0 Å². The van der Waals surface area contributed by atoms with Gasteiger partial charge in [-0.2, -0.15) is 0 Å². The molecule has 0 aromatic rings. The maximum atomic E-state index is 11.9. The summed E-state index contributed by atoms with van der Waals surface area (Å²) in [4.78, 5) is 25.0. The van der Waals surface area contributed by atoms with Gasteiger partial charge in [-0.25, -0.2) is 0 Å². The molecule has 0 saturated carbocycles. The molecule has 1 heterocycles. The van der Waals surface area contributed by atoms with E-state index in [9.17, 15) is 9.59 Å². The average molecular weight is 231 g/mol. The minimum Gasteiger partial charge on any atom is -0.340 e. The van der Waals surface area contributed by atoms with E-state index in [0.717, 1.165) is 0 Å². The fourth-order valence-electron chi connectivity index (χ4n) is 1.54. The molecule has 1 rings (SSSR count). The van der Waals surface area contributed by atoms with Crippen molar-refractivity contribution in [2.45, 2.75) is 32.4 Å². The number of piperazine rings is 1. The molecule has 84 valence electrons. The Bertz CT molecular complexity index is 325. The summed E-state index contributed by atoms with van der Waals surface area (Å²) in [6.45, 7) is 8.75. The molecule has 0 aliphatic carbocycles. The highest BCUT2D eigenvalue weighted by molar-refractivity contribution is 6.29. The molecule has 0 radical (unpaired) electrons. The Labute approximate surface area is 94.3 Å². The molecule has 1 unspecified atom stereocenters. The molecule has 0 aromatic carbocycles. The molecule has 15 heavy (non-hydrogen) atoms. The molecular formula is C10H15ClN2O2. The lowest BCUT2D eigenvalue weighted by molar-refractivity contribution is -0.152. The zero-order chi connectivity index (χ0) is 11.8. The summed E-state index contributed by atoms with van der Waals surface area (Å²) < 4.78 is 0. The number of nitrogens with one attached hydrogen (secondary N) is 1. The molecule has 1 atom stereocenters. The van der Waals surface area contributed by atoms with E-state index in [1.165, 1.54) is 4.90 Å². The number of nitrogens with zero attached hydrogens (tertiary/aromatic N) is 1. The first-order chi connectivity index (χ1) is 6.75. The predicted octanol–water partition coefficient (Wildman–Crippen LogP) is 0.864. The highest BCUT2D eigenvalue weighted by atomic mass is 35.5.